The van der Waals surface area contributed by atoms with Crippen molar-refractivity contribution < 1.29 is 14.3 Å². The molecule has 2 heterocycles. The summed E-state index contributed by atoms with van der Waals surface area (Å²) in [6.45, 7) is 8.18. The van der Waals surface area contributed by atoms with Gasteiger partial charge in [0, 0.05) is 6.07 Å². The maximum Gasteiger partial charge on any atom is 0.410 e. The molecule has 0 saturated heterocycles. The van der Waals surface area contributed by atoms with E-state index in [-0.39, 0.29) is 18.2 Å². The molecular weight excluding hydrogens is 272 g/mol. The van der Waals surface area contributed by atoms with E-state index >= 15 is 0 Å². The number of rotatable bonds is 1. The summed E-state index contributed by atoms with van der Waals surface area (Å²) in [6.07, 6.45) is 0.240. The molecule has 0 radical (unpaired) electrons. The third-order valence-electron chi connectivity index (χ3n) is 3.13. The van der Waals surface area contributed by atoms with Gasteiger partial charge in [-0.2, -0.15) is 0 Å². The normalized spacial score (nSPS) is 18.5. The quantitative estimate of drug-likeness (QED) is 0.862. The molecule has 0 bridgehead atoms. The number of fused-ring (bicyclic) bond motifs is 1. The number of ether oxygens (including phenoxy) is 2. The Labute approximate surface area is 124 Å². The van der Waals surface area contributed by atoms with Crippen molar-refractivity contribution in [1.82, 2.24) is 9.88 Å². The number of nitrogens with one attached hydrogen (secondary N) is 1. The minimum absolute atomic E-state index is 0.121. The van der Waals surface area contributed by atoms with Gasteiger partial charge in [-0.15, -0.1) is 0 Å². The summed E-state index contributed by atoms with van der Waals surface area (Å²) in [4.78, 5) is 28.0. The Hall–Kier alpha value is -1.98. The fraction of sp³-hybridized carbons (Fsp3) is 0.600. The van der Waals surface area contributed by atoms with Crippen molar-refractivity contribution in [1.29, 1.82) is 0 Å². The lowest BCUT2D eigenvalue weighted by atomic mass is 10.2. The zero-order valence-electron chi connectivity index (χ0n) is 12.9. The largest absolute Gasteiger partial charge is 0.487 e. The van der Waals surface area contributed by atoms with E-state index in [1.807, 2.05) is 27.7 Å². The highest BCUT2D eigenvalue weighted by Crippen LogP contribution is 2.24. The van der Waals surface area contributed by atoms with Crippen LogP contribution < -0.4 is 10.3 Å². The Morgan fingerprint density at radius 1 is 1.48 bits per heavy atom. The maximum absolute atomic E-state index is 12.3. The summed E-state index contributed by atoms with van der Waals surface area (Å²) in [6, 6.07) is 3.07. The fourth-order valence-corrected chi connectivity index (χ4v) is 2.13. The van der Waals surface area contributed by atoms with Crippen LogP contribution in [0.4, 0.5) is 4.79 Å². The molecule has 0 aromatic carbocycles. The first-order chi connectivity index (χ1) is 9.78. The van der Waals surface area contributed by atoms with Gasteiger partial charge >= 0.3 is 6.09 Å². The molecule has 21 heavy (non-hydrogen) atoms. The van der Waals surface area contributed by atoms with Crippen molar-refractivity contribution >= 4 is 6.09 Å². The first kappa shape index (κ1) is 15.4. The van der Waals surface area contributed by atoms with Gasteiger partial charge in [-0.25, -0.2) is 4.79 Å². The summed E-state index contributed by atoms with van der Waals surface area (Å²) >= 11 is 0. The number of amides is 1. The van der Waals surface area contributed by atoms with Crippen LogP contribution in [0.25, 0.3) is 0 Å². The number of hydrogen-bond acceptors (Lipinski definition) is 4. The van der Waals surface area contributed by atoms with Gasteiger partial charge in [0.1, 0.15) is 17.5 Å². The summed E-state index contributed by atoms with van der Waals surface area (Å²) < 4.78 is 11.3. The predicted octanol–water partition coefficient (Wildman–Crippen LogP) is 2.28. The highest BCUT2D eigenvalue weighted by atomic mass is 16.6. The molecule has 1 aliphatic rings. The van der Waals surface area contributed by atoms with E-state index in [1.165, 1.54) is 6.07 Å². The number of carbonyl (C=O) groups is 1. The minimum Gasteiger partial charge on any atom is -0.487 e. The third kappa shape index (κ3) is 4.00. The Balaban J connectivity index is 2.27. The maximum atomic E-state index is 12.3. The highest BCUT2D eigenvalue weighted by molar-refractivity contribution is 5.68. The van der Waals surface area contributed by atoms with Crippen LogP contribution >= 0.6 is 0 Å². The monoisotopic (exact) mass is 294 g/mol. The van der Waals surface area contributed by atoms with Crippen LogP contribution in [0.2, 0.25) is 0 Å². The molecule has 116 valence electrons. The Kier molecular flexibility index (Phi) is 4.25. The number of aromatic amines is 1. The molecule has 2 rings (SSSR count). The van der Waals surface area contributed by atoms with Gasteiger partial charge in [0.15, 0.2) is 0 Å². The van der Waals surface area contributed by atoms with Crippen molar-refractivity contribution in [3.63, 3.8) is 0 Å². The number of H-pyrrole nitrogens is 1. The number of nitrogens with zero attached hydrogens (tertiary/aromatic N) is 1. The molecular formula is C15H22N2O4. The molecule has 1 aromatic heterocycles. The molecule has 1 aromatic rings. The van der Waals surface area contributed by atoms with E-state index < -0.39 is 11.7 Å². The van der Waals surface area contributed by atoms with E-state index in [1.54, 1.807) is 11.0 Å². The van der Waals surface area contributed by atoms with Crippen LogP contribution in [-0.4, -0.2) is 34.2 Å². The van der Waals surface area contributed by atoms with Crippen molar-refractivity contribution in [2.45, 2.75) is 52.4 Å². The Morgan fingerprint density at radius 3 is 2.81 bits per heavy atom. The molecule has 6 heteroatoms. The summed E-state index contributed by atoms with van der Waals surface area (Å²) in [5, 5.41) is 0. The van der Waals surface area contributed by atoms with E-state index in [0.29, 0.717) is 18.0 Å². The van der Waals surface area contributed by atoms with Crippen LogP contribution in [0.3, 0.4) is 0 Å². The lowest BCUT2D eigenvalue weighted by molar-refractivity contribution is 0.0176. The van der Waals surface area contributed by atoms with Crippen LogP contribution in [0, 0.1) is 0 Å². The topological polar surface area (TPSA) is 71.6 Å². The molecule has 1 atom stereocenters. The van der Waals surface area contributed by atoms with Gasteiger partial charge in [0.25, 0.3) is 0 Å². The molecule has 0 spiro atoms. The van der Waals surface area contributed by atoms with E-state index in [4.69, 9.17) is 9.47 Å². The zero-order chi connectivity index (χ0) is 15.6. The van der Waals surface area contributed by atoms with E-state index in [9.17, 15) is 9.59 Å². The SMILES string of the molecule is CC[C@@H]1CN(C(=O)OC(C)(C)C)Cc2[nH]c(=O)ccc2O1. The Morgan fingerprint density at radius 2 is 2.19 bits per heavy atom. The van der Waals surface area contributed by atoms with Gasteiger partial charge < -0.3 is 14.5 Å². The second kappa shape index (κ2) is 5.79. The van der Waals surface area contributed by atoms with Gasteiger partial charge in [-0.1, -0.05) is 6.92 Å². The van der Waals surface area contributed by atoms with E-state index in [0.717, 1.165) is 6.42 Å². The highest BCUT2D eigenvalue weighted by Gasteiger charge is 2.29. The summed E-state index contributed by atoms with van der Waals surface area (Å²) in [7, 11) is 0. The third-order valence-corrected chi connectivity index (χ3v) is 3.13. The van der Waals surface area contributed by atoms with Crippen LogP contribution in [0.15, 0.2) is 16.9 Å². The molecule has 0 fully saturated rings. The molecule has 6 nitrogen and oxygen atoms in total. The number of pyridine rings is 1. The van der Waals surface area contributed by atoms with Crippen molar-refractivity contribution in [3.05, 3.63) is 28.2 Å². The van der Waals surface area contributed by atoms with Crippen LogP contribution in [0.5, 0.6) is 5.75 Å². The predicted molar refractivity (Wildman–Crippen MR) is 78.4 cm³/mol. The standard InChI is InChI=1S/C15H22N2O4/c1-5-10-8-17(14(19)21-15(2,3)4)9-11-12(20-10)6-7-13(18)16-11/h6-7,10H,5,8-9H2,1-4H3,(H,16,18)/t10-/m1/s1. The van der Waals surface area contributed by atoms with Crippen LogP contribution in [0.1, 0.15) is 39.8 Å². The Bertz CT molecular complexity index is 574. The summed E-state index contributed by atoms with van der Waals surface area (Å²) in [5.74, 6) is 0.618. The first-order valence-corrected chi connectivity index (χ1v) is 7.15. The average molecular weight is 294 g/mol. The lowest BCUT2D eigenvalue weighted by Crippen LogP contribution is -2.40. The van der Waals surface area contributed by atoms with Gasteiger partial charge in [0.2, 0.25) is 5.56 Å². The van der Waals surface area contributed by atoms with Crippen LogP contribution in [-0.2, 0) is 11.3 Å². The van der Waals surface area contributed by atoms with Gasteiger partial charge in [-0.3, -0.25) is 9.69 Å². The van der Waals surface area contributed by atoms with E-state index in [2.05, 4.69) is 4.98 Å². The van der Waals surface area contributed by atoms with Gasteiger partial charge in [0.05, 0.1) is 18.8 Å². The molecule has 1 amide bonds. The van der Waals surface area contributed by atoms with Crippen molar-refractivity contribution in [2.24, 2.45) is 0 Å². The number of aromatic nitrogens is 1. The fourth-order valence-electron chi connectivity index (χ4n) is 2.13. The number of carbonyl (C=O) groups excluding carboxylic acids is 1. The number of hydrogen-bond donors (Lipinski definition) is 1. The van der Waals surface area contributed by atoms with Crippen molar-refractivity contribution in [2.75, 3.05) is 6.54 Å². The molecule has 1 N–H and O–H groups in total. The minimum atomic E-state index is -0.557. The average Bonchev–Trinajstić information content (AvgIpc) is 2.55. The lowest BCUT2D eigenvalue weighted by Gasteiger charge is -2.27. The second-order valence-corrected chi connectivity index (χ2v) is 6.17. The summed E-state index contributed by atoms with van der Waals surface area (Å²) in [5.41, 5.74) is -0.167. The molecule has 1 aliphatic heterocycles. The molecule has 0 saturated carbocycles. The van der Waals surface area contributed by atoms with Crippen molar-refractivity contribution in [3.8, 4) is 5.75 Å². The first-order valence-electron chi connectivity index (χ1n) is 7.15. The molecule has 0 aliphatic carbocycles. The van der Waals surface area contributed by atoms with Gasteiger partial charge in [-0.05, 0) is 33.3 Å². The second-order valence-electron chi connectivity index (χ2n) is 6.17. The molecule has 0 unspecified atom stereocenters. The zero-order valence-corrected chi connectivity index (χ0v) is 12.9. The smallest absolute Gasteiger partial charge is 0.410 e.